The number of Topliss-reactive ketones (excluding diaryl/α,β-unsaturated/α-hetero) is 1. The number of amides is 1. The maximum absolute atomic E-state index is 12.2. The number of hydrogen-bond acceptors (Lipinski definition) is 3. The van der Waals surface area contributed by atoms with Gasteiger partial charge in [-0.25, -0.2) is 4.79 Å². The molecule has 1 rings (SSSR count). The first-order valence-electron chi connectivity index (χ1n) is 6.83. The van der Waals surface area contributed by atoms with Crippen LogP contribution in [0.25, 0.3) is 0 Å². The Hall–Kier alpha value is -1.06. The smallest absolute Gasteiger partial charge is 0.408 e. The van der Waals surface area contributed by atoms with E-state index in [-0.39, 0.29) is 5.78 Å². The molecular weight excluding hydrogens is 230 g/mol. The van der Waals surface area contributed by atoms with Crippen molar-refractivity contribution >= 4 is 11.9 Å². The highest BCUT2D eigenvalue weighted by molar-refractivity contribution is 5.92. The van der Waals surface area contributed by atoms with Gasteiger partial charge < -0.3 is 10.1 Å². The summed E-state index contributed by atoms with van der Waals surface area (Å²) in [4.78, 5) is 24.0. The van der Waals surface area contributed by atoms with Gasteiger partial charge in [-0.1, -0.05) is 19.8 Å². The first-order valence-corrected chi connectivity index (χ1v) is 6.83. The van der Waals surface area contributed by atoms with Gasteiger partial charge in [-0.15, -0.1) is 0 Å². The van der Waals surface area contributed by atoms with E-state index in [9.17, 15) is 9.59 Å². The SMILES string of the molecule is CCCC(=O)C1(NC(=O)OC(C)(C)C)CCCC1. The second-order valence-electron chi connectivity index (χ2n) is 6.09. The van der Waals surface area contributed by atoms with Crippen LogP contribution in [0.15, 0.2) is 0 Å². The predicted octanol–water partition coefficient (Wildman–Crippen LogP) is 3.19. The van der Waals surface area contributed by atoms with E-state index >= 15 is 0 Å². The summed E-state index contributed by atoms with van der Waals surface area (Å²) in [6.07, 6.45) is 4.33. The van der Waals surface area contributed by atoms with Crippen molar-refractivity contribution in [2.45, 2.75) is 77.4 Å². The fourth-order valence-electron chi connectivity index (χ4n) is 2.42. The Kier molecular flexibility index (Phi) is 4.77. The molecule has 0 aromatic rings. The molecule has 0 radical (unpaired) electrons. The molecule has 1 amide bonds. The largest absolute Gasteiger partial charge is 0.444 e. The van der Waals surface area contributed by atoms with Gasteiger partial charge in [0.05, 0.1) is 0 Å². The number of rotatable bonds is 4. The second kappa shape index (κ2) is 5.72. The summed E-state index contributed by atoms with van der Waals surface area (Å²) < 4.78 is 5.25. The van der Waals surface area contributed by atoms with Gasteiger partial charge in [0.15, 0.2) is 5.78 Å². The monoisotopic (exact) mass is 255 g/mol. The number of carbonyl (C=O) groups is 2. The van der Waals surface area contributed by atoms with E-state index in [1.54, 1.807) is 0 Å². The minimum absolute atomic E-state index is 0.147. The van der Waals surface area contributed by atoms with Crippen LogP contribution in [-0.4, -0.2) is 23.0 Å². The minimum atomic E-state index is -0.668. The van der Waals surface area contributed by atoms with E-state index < -0.39 is 17.2 Å². The molecular formula is C14H25NO3. The van der Waals surface area contributed by atoms with Crippen molar-refractivity contribution < 1.29 is 14.3 Å². The molecule has 0 saturated heterocycles. The molecule has 1 saturated carbocycles. The van der Waals surface area contributed by atoms with Crippen molar-refractivity contribution in [1.82, 2.24) is 5.32 Å². The molecule has 0 heterocycles. The Balaban J connectivity index is 2.69. The first kappa shape index (κ1) is 15.0. The lowest BCUT2D eigenvalue weighted by Crippen LogP contribution is -2.53. The van der Waals surface area contributed by atoms with Crippen molar-refractivity contribution in [2.75, 3.05) is 0 Å². The number of carbonyl (C=O) groups excluding carboxylic acids is 2. The van der Waals surface area contributed by atoms with Crippen molar-refractivity contribution in [3.63, 3.8) is 0 Å². The van der Waals surface area contributed by atoms with Gasteiger partial charge in [0.25, 0.3) is 0 Å². The molecule has 4 heteroatoms. The second-order valence-corrected chi connectivity index (χ2v) is 6.09. The zero-order chi connectivity index (χ0) is 13.8. The standard InChI is InChI=1S/C14H25NO3/c1-5-8-11(16)14(9-6-7-10-14)15-12(17)18-13(2,3)4/h5-10H2,1-4H3,(H,15,17). The maximum Gasteiger partial charge on any atom is 0.408 e. The molecule has 1 aliphatic carbocycles. The van der Waals surface area contributed by atoms with Crippen LogP contribution in [-0.2, 0) is 9.53 Å². The molecule has 104 valence electrons. The van der Waals surface area contributed by atoms with Gasteiger partial charge in [0.2, 0.25) is 0 Å². The van der Waals surface area contributed by atoms with Crippen molar-refractivity contribution in [1.29, 1.82) is 0 Å². The molecule has 0 atom stereocenters. The summed E-state index contributed by atoms with van der Waals surface area (Å²) in [6.45, 7) is 7.44. The van der Waals surface area contributed by atoms with Crippen molar-refractivity contribution in [3.8, 4) is 0 Å². The van der Waals surface area contributed by atoms with Crippen LogP contribution in [0.3, 0.4) is 0 Å². The van der Waals surface area contributed by atoms with E-state index in [2.05, 4.69) is 5.32 Å². The van der Waals surface area contributed by atoms with Crippen LogP contribution in [0.4, 0.5) is 4.79 Å². The van der Waals surface area contributed by atoms with Crippen LogP contribution in [0.2, 0.25) is 0 Å². The third kappa shape index (κ3) is 4.00. The molecule has 4 nitrogen and oxygen atoms in total. The number of ketones is 1. The normalized spacial score (nSPS) is 18.4. The highest BCUT2D eigenvalue weighted by Gasteiger charge is 2.42. The lowest BCUT2D eigenvalue weighted by Gasteiger charge is -2.30. The van der Waals surface area contributed by atoms with E-state index in [1.807, 2.05) is 27.7 Å². The summed E-state index contributed by atoms with van der Waals surface area (Å²) in [5, 5.41) is 2.82. The van der Waals surface area contributed by atoms with Crippen LogP contribution in [0.5, 0.6) is 0 Å². The Labute approximate surface area is 109 Å². The molecule has 1 aliphatic rings. The van der Waals surface area contributed by atoms with Crippen molar-refractivity contribution in [2.24, 2.45) is 0 Å². The molecule has 0 aromatic heterocycles. The quantitative estimate of drug-likeness (QED) is 0.839. The van der Waals surface area contributed by atoms with Gasteiger partial charge in [-0.05, 0) is 40.0 Å². The molecule has 1 N–H and O–H groups in total. The molecule has 1 fully saturated rings. The highest BCUT2D eigenvalue weighted by atomic mass is 16.6. The molecule has 0 spiro atoms. The van der Waals surface area contributed by atoms with Gasteiger partial charge in [-0.3, -0.25) is 4.79 Å². The zero-order valence-electron chi connectivity index (χ0n) is 12.0. The Morgan fingerprint density at radius 1 is 1.22 bits per heavy atom. The molecule has 0 aliphatic heterocycles. The number of nitrogens with one attached hydrogen (secondary N) is 1. The lowest BCUT2D eigenvalue weighted by atomic mass is 9.89. The van der Waals surface area contributed by atoms with Gasteiger partial charge in [0, 0.05) is 6.42 Å². The van der Waals surface area contributed by atoms with Crippen LogP contribution in [0.1, 0.15) is 66.2 Å². The summed E-state index contributed by atoms with van der Waals surface area (Å²) in [7, 11) is 0. The van der Waals surface area contributed by atoms with Crippen LogP contribution in [0, 0.1) is 0 Å². The molecule has 18 heavy (non-hydrogen) atoms. The Bertz CT molecular complexity index is 311. The van der Waals surface area contributed by atoms with E-state index in [4.69, 9.17) is 4.74 Å². The first-order chi connectivity index (χ1) is 8.29. The van der Waals surface area contributed by atoms with E-state index in [1.165, 1.54) is 0 Å². The van der Waals surface area contributed by atoms with Gasteiger partial charge in [-0.2, -0.15) is 0 Å². The molecule has 0 aromatic carbocycles. The Morgan fingerprint density at radius 3 is 2.22 bits per heavy atom. The summed E-state index contributed by atoms with van der Waals surface area (Å²) in [6, 6.07) is 0. The average Bonchev–Trinajstić information content (AvgIpc) is 2.64. The average molecular weight is 255 g/mol. The molecule has 0 bridgehead atoms. The van der Waals surface area contributed by atoms with E-state index in [0.29, 0.717) is 6.42 Å². The lowest BCUT2D eigenvalue weighted by molar-refractivity contribution is -0.125. The number of hydrogen-bond donors (Lipinski definition) is 1. The van der Waals surface area contributed by atoms with Gasteiger partial charge >= 0.3 is 6.09 Å². The fourth-order valence-corrected chi connectivity index (χ4v) is 2.42. The van der Waals surface area contributed by atoms with Gasteiger partial charge in [0.1, 0.15) is 11.1 Å². The van der Waals surface area contributed by atoms with Crippen LogP contribution < -0.4 is 5.32 Å². The number of ether oxygens (including phenoxy) is 1. The topological polar surface area (TPSA) is 55.4 Å². The third-order valence-corrected chi connectivity index (χ3v) is 3.21. The third-order valence-electron chi connectivity index (χ3n) is 3.21. The fraction of sp³-hybridized carbons (Fsp3) is 0.857. The van der Waals surface area contributed by atoms with Crippen molar-refractivity contribution in [3.05, 3.63) is 0 Å². The predicted molar refractivity (Wildman–Crippen MR) is 70.5 cm³/mol. The number of alkyl carbamates (subject to hydrolysis) is 1. The maximum atomic E-state index is 12.2. The minimum Gasteiger partial charge on any atom is -0.444 e. The van der Waals surface area contributed by atoms with E-state index in [0.717, 1.165) is 32.1 Å². The summed E-state index contributed by atoms with van der Waals surface area (Å²) >= 11 is 0. The summed E-state index contributed by atoms with van der Waals surface area (Å²) in [5.74, 6) is 0.147. The molecule has 0 unspecified atom stereocenters. The van der Waals surface area contributed by atoms with Crippen LogP contribution >= 0.6 is 0 Å². The summed E-state index contributed by atoms with van der Waals surface area (Å²) in [5.41, 5.74) is -1.20. The highest BCUT2D eigenvalue weighted by Crippen LogP contribution is 2.32. The zero-order valence-corrected chi connectivity index (χ0v) is 12.0. The Morgan fingerprint density at radius 2 is 1.78 bits per heavy atom.